The molecule has 3 N–H and O–H groups in total. The number of hydrogen-bond donors (Lipinski definition) is 2. The van der Waals surface area contributed by atoms with Crippen molar-refractivity contribution in [2.24, 2.45) is 5.73 Å². The highest BCUT2D eigenvalue weighted by molar-refractivity contribution is 6.31. The summed E-state index contributed by atoms with van der Waals surface area (Å²) in [5.41, 5.74) is 5.60. The molecule has 23 heavy (non-hydrogen) atoms. The molecule has 0 saturated heterocycles. The first-order valence-corrected chi connectivity index (χ1v) is 7.22. The Hall–Kier alpha value is -2.56. The Kier molecular flexibility index (Phi) is 7.60. The Morgan fingerprint density at radius 3 is 2.83 bits per heavy atom. The molecule has 0 radical (unpaired) electrons. The molecule has 0 heterocycles. The molecule has 0 bridgehead atoms. The summed E-state index contributed by atoms with van der Waals surface area (Å²) in [5, 5.41) is 12.1. The van der Waals surface area contributed by atoms with E-state index in [4.69, 9.17) is 27.3 Å². The van der Waals surface area contributed by atoms with E-state index >= 15 is 0 Å². The summed E-state index contributed by atoms with van der Waals surface area (Å²) in [6, 6.07) is 8.23. The van der Waals surface area contributed by atoms with E-state index in [1.807, 2.05) is 0 Å². The standard InChI is InChI=1S/C15H17ClN4O3/c1-2-23-15(22)20(7-6-17)10-11(9-18)14(21)19-13-5-3-4-12(16)8-13/h3-5,8,10H,2,6-7,17H2,1H3,(H,19,21)/b11-10-. The van der Waals surface area contributed by atoms with Gasteiger partial charge in [-0.3, -0.25) is 9.69 Å². The van der Waals surface area contributed by atoms with Gasteiger partial charge < -0.3 is 15.8 Å². The molecule has 0 aliphatic carbocycles. The predicted molar refractivity (Wildman–Crippen MR) is 86.6 cm³/mol. The summed E-state index contributed by atoms with van der Waals surface area (Å²) in [6.45, 7) is 2.10. The molecule has 0 saturated carbocycles. The van der Waals surface area contributed by atoms with Gasteiger partial charge >= 0.3 is 6.09 Å². The van der Waals surface area contributed by atoms with Crippen LogP contribution in [0.4, 0.5) is 10.5 Å². The van der Waals surface area contributed by atoms with Crippen LogP contribution in [0.2, 0.25) is 5.02 Å². The fourth-order valence-corrected chi connectivity index (χ4v) is 1.80. The smallest absolute Gasteiger partial charge is 0.413 e. The van der Waals surface area contributed by atoms with Gasteiger partial charge in [0.2, 0.25) is 0 Å². The zero-order chi connectivity index (χ0) is 17.2. The molecule has 0 unspecified atom stereocenters. The third-order valence-corrected chi connectivity index (χ3v) is 2.84. The lowest BCUT2D eigenvalue weighted by Gasteiger charge is -2.17. The molecule has 0 spiro atoms. The molecule has 2 amide bonds. The molecular weight excluding hydrogens is 320 g/mol. The second-order valence-electron chi connectivity index (χ2n) is 4.30. The van der Waals surface area contributed by atoms with Crippen molar-refractivity contribution in [3.05, 3.63) is 41.1 Å². The van der Waals surface area contributed by atoms with Crippen LogP contribution in [0.15, 0.2) is 36.0 Å². The van der Waals surface area contributed by atoms with Gasteiger partial charge in [0.15, 0.2) is 0 Å². The molecule has 0 atom stereocenters. The molecular formula is C15H17ClN4O3. The van der Waals surface area contributed by atoms with E-state index < -0.39 is 12.0 Å². The van der Waals surface area contributed by atoms with Crippen LogP contribution in [0.1, 0.15) is 6.92 Å². The number of halogens is 1. The second-order valence-corrected chi connectivity index (χ2v) is 4.74. The van der Waals surface area contributed by atoms with E-state index in [0.29, 0.717) is 10.7 Å². The number of carbonyl (C=O) groups is 2. The van der Waals surface area contributed by atoms with Crippen molar-refractivity contribution in [1.82, 2.24) is 4.90 Å². The SMILES string of the molecule is CCOC(=O)N(/C=C(/C#N)C(=O)Nc1cccc(Cl)c1)CCN. The van der Waals surface area contributed by atoms with Crippen molar-refractivity contribution >= 4 is 29.3 Å². The number of nitrogens with zero attached hydrogens (tertiary/aromatic N) is 2. The van der Waals surface area contributed by atoms with Crippen LogP contribution < -0.4 is 11.1 Å². The fourth-order valence-electron chi connectivity index (χ4n) is 1.61. The highest BCUT2D eigenvalue weighted by Crippen LogP contribution is 2.15. The molecule has 1 rings (SSSR count). The molecule has 7 nitrogen and oxygen atoms in total. The number of ether oxygens (including phenoxy) is 1. The van der Waals surface area contributed by atoms with E-state index in [0.717, 1.165) is 11.1 Å². The lowest BCUT2D eigenvalue weighted by atomic mass is 10.2. The van der Waals surface area contributed by atoms with Crippen molar-refractivity contribution in [3.63, 3.8) is 0 Å². The van der Waals surface area contributed by atoms with Gasteiger partial charge in [-0.05, 0) is 25.1 Å². The molecule has 1 aromatic rings. The van der Waals surface area contributed by atoms with Crippen molar-refractivity contribution in [2.75, 3.05) is 25.0 Å². The van der Waals surface area contributed by atoms with Crippen LogP contribution >= 0.6 is 11.6 Å². The van der Waals surface area contributed by atoms with Crippen molar-refractivity contribution in [3.8, 4) is 6.07 Å². The van der Waals surface area contributed by atoms with Crippen molar-refractivity contribution in [1.29, 1.82) is 5.26 Å². The number of amides is 2. The third kappa shape index (κ3) is 5.98. The Morgan fingerprint density at radius 1 is 1.52 bits per heavy atom. The van der Waals surface area contributed by atoms with E-state index in [-0.39, 0.29) is 25.3 Å². The number of anilines is 1. The Balaban J connectivity index is 2.92. The van der Waals surface area contributed by atoms with E-state index in [1.165, 1.54) is 6.07 Å². The maximum atomic E-state index is 12.1. The summed E-state index contributed by atoms with van der Waals surface area (Å²) in [6.07, 6.45) is 0.436. The van der Waals surface area contributed by atoms with Crippen LogP contribution in [-0.4, -0.2) is 36.6 Å². The van der Waals surface area contributed by atoms with Gasteiger partial charge in [-0.15, -0.1) is 0 Å². The van der Waals surface area contributed by atoms with E-state index in [9.17, 15) is 9.59 Å². The van der Waals surface area contributed by atoms with Gasteiger partial charge in [-0.1, -0.05) is 17.7 Å². The highest BCUT2D eigenvalue weighted by Gasteiger charge is 2.16. The predicted octanol–water partition coefficient (Wildman–Crippen LogP) is 2.10. The summed E-state index contributed by atoms with van der Waals surface area (Å²) in [7, 11) is 0. The Bertz CT molecular complexity index is 640. The number of rotatable bonds is 6. The number of nitrogens with one attached hydrogen (secondary N) is 1. The first-order valence-electron chi connectivity index (χ1n) is 6.84. The van der Waals surface area contributed by atoms with E-state index in [2.05, 4.69) is 5.32 Å². The molecule has 122 valence electrons. The van der Waals surface area contributed by atoms with Gasteiger partial charge in [0.1, 0.15) is 11.6 Å². The quantitative estimate of drug-likeness (QED) is 0.611. The number of hydrogen-bond acceptors (Lipinski definition) is 5. The monoisotopic (exact) mass is 336 g/mol. The highest BCUT2D eigenvalue weighted by atomic mass is 35.5. The lowest BCUT2D eigenvalue weighted by molar-refractivity contribution is -0.112. The lowest BCUT2D eigenvalue weighted by Crippen LogP contribution is -2.32. The van der Waals surface area contributed by atoms with Crippen LogP contribution in [-0.2, 0) is 9.53 Å². The van der Waals surface area contributed by atoms with Crippen molar-refractivity contribution < 1.29 is 14.3 Å². The van der Waals surface area contributed by atoms with Gasteiger partial charge in [-0.2, -0.15) is 5.26 Å². The average Bonchev–Trinajstić information content (AvgIpc) is 2.51. The molecule has 1 aromatic carbocycles. The van der Waals surface area contributed by atoms with Crippen LogP contribution in [0, 0.1) is 11.3 Å². The van der Waals surface area contributed by atoms with Crippen LogP contribution in [0.25, 0.3) is 0 Å². The number of carbonyl (C=O) groups excluding carboxylic acids is 2. The maximum Gasteiger partial charge on any atom is 0.413 e. The first-order chi connectivity index (χ1) is 11.0. The van der Waals surface area contributed by atoms with Gasteiger partial charge in [0.25, 0.3) is 5.91 Å². The van der Waals surface area contributed by atoms with Crippen molar-refractivity contribution in [2.45, 2.75) is 6.92 Å². The average molecular weight is 337 g/mol. The first kappa shape index (κ1) is 18.5. The van der Waals surface area contributed by atoms with E-state index in [1.54, 1.807) is 31.2 Å². The van der Waals surface area contributed by atoms with Crippen LogP contribution in [0.5, 0.6) is 0 Å². The van der Waals surface area contributed by atoms with Crippen LogP contribution in [0.3, 0.4) is 0 Å². The third-order valence-electron chi connectivity index (χ3n) is 2.60. The number of benzene rings is 1. The summed E-state index contributed by atoms with van der Waals surface area (Å²) in [4.78, 5) is 25.0. The fraction of sp³-hybridized carbons (Fsp3) is 0.267. The number of nitrogens with two attached hydrogens (primary N) is 1. The van der Waals surface area contributed by atoms with Gasteiger partial charge in [0.05, 0.1) is 6.61 Å². The van der Waals surface area contributed by atoms with Gasteiger partial charge in [-0.25, -0.2) is 4.79 Å². The zero-order valence-electron chi connectivity index (χ0n) is 12.6. The molecule has 0 fully saturated rings. The number of nitriles is 1. The minimum Gasteiger partial charge on any atom is -0.449 e. The Labute approximate surface area is 139 Å². The molecule has 8 heteroatoms. The summed E-state index contributed by atoms with van der Waals surface area (Å²) >= 11 is 5.83. The Morgan fingerprint density at radius 2 is 2.26 bits per heavy atom. The largest absolute Gasteiger partial charge is 0.449 e. The minimum atomic E-state index is -0.679. The van der Waals surface area contributed by atoms with Gasteiger partial charge in [0, 0.05) is 30.0 Å². The molecule has 0 aliphatic heterocycles. The summed E-state index contributed by atoms with van der Waals surface area (Å²) in [5.74, 6) is -0.666. The topological polar surface area (TPSA) is 108 Å². The minimum absolute atomic E-state index is 0.120. The summed E-state index contributed by atoms with van der Waals surface area (Å²) < 4.78 is 4.84. The molecule has 0 aromatic heterocycles. The second kappa shape index (κ2) is 9.46. The maximum absolute atomic E-state index is 12.1. The molecule has 0 aliphatic rings. The zero-order valence-corrected chi connectivity index (χ0v) is 13.3. The normalized spacial score (nSPS) is 10.6.